The van der Waals surface area contributed by atoms with Crippen molar-refractivity contribution in [2.75, 3.05) is 39.3 Å². The Bertz CT molecular complexity index is 1660. The average molecular weight is 1180 g/mol. The molecule has 3 fully saturated rings. The number of likely N-dealkylation sites (tertiary alicyclic amines) is 3. The fourth-order valence-electron chi connectivity index (χ4n) is 5.56. The van der Waals surface area contributed by atoms with E-state index in [9.17, 15) is 52.7 Å². The number of rotatable bonds is 13. The first-order chi connectivity index (χ1) is 35.5. The third-order valence-electron chi connectivity index (χ3n) is 9.64. The molecule has 0 bridgehead atoms. The van der Waals surface area contributed by atoms with Crippen molar-refractivity contribution in [1.82, 2.24) is 14.7 Å². The van der Waals surface area contributed by atoms with E-state index in [2.05, 4.69) is 18.9 Å². The number of nitrogens with zero attached hydrogens (tertiary/aromatic N) is 3. The van der Waals surface area contributed by atoms with E-state index in [1.54, 1.807) is 35.5 Å². The quantitative estimate of drug-likeness (QED) is 0.0599. The van der Waals surface area contributed by atoms with Gasteiger partial charge in [-0.2, -0.15) is 0 Å². The monoisotopic (exact) mass is 1180 g/mol. The minimum Gasteiger partial charge on any atom is -0.480 e. The standard InChI is InChI=1S/2C10H18N2O3.C8H16N2O2.3C5H10O2.C4H9NO3.C4H6O3.CH4.ClH/c2*1-7(15-8(2)13)9(11)10(14)12-5-3-4-6-12;1-6(11)7(9)8(12)10-4-2-3-5-10;3*1-5(2,3)7-4-6;1-2(6)3(5)4(7)8;1-3(5)7-4(2)6;;/h2*7,9H,3-6,11H2,1-2H3;6-7,11H,2-5,9H2,1H3;3*4H,1-3H3;2-3,6H,5H2,1H3,(H,7,8);1-2H3;1H4;1H/t2*7-,9+;6-,7+;;;;2-,3+;;;/m111...1.../s1. The summed E-state index contributed by atoms with van der Waals surface area (Å²) >= 11 is 0. The van der Waals surface area contributed by atoms with Crippen molar-refractivity contribution in [3.8, 4) is 0 Å². The van der Waals surface area contributed by atoms with Gasteiger partial charge in [0.15, 0.2) is 0 Å². The van der Waals surface area contributed by atoms with Crippen LogP contribution in [0.25, 0.3) is 0 Å². The number of carboxylic acid groups (broad SMARTS) is 1. The van der Waals surface area contributed by atoms with Crippen LogP contribution in [0.1, 0.15) is 164 Å². The van der Waals surface area contributed by atoms with Gasteiger partial charge in [-0.1, -0.05) is 7.43 Å². The second kappa shape index (κ2) is 47.1. The Morgan fingerprint density at radius 2 is 0.650 bits per heavy atom. The van der Waals surface area contributed by atoms with Crippen LogP contribution in [0.2, 0.25) is 0 Å². The summed E-state index contributed by atoms with van der Waals surface area (Å²) in [5, 5.41) is 25.6. The largest absolute Gasteiger partial charge is 0.480 e. The predicted molar refractivity (Wildman–Crippen MR) is 300 cm³/mol. The molecule has 0 aliphatic carbocycles. The van der Waals surface area contributed by atoms with Crippen LogP contribution < -0.4 is 22.9 Å². The predicted octanol–water partition coefficient (Wildman–Crippen LogP) is 1.90. The van der Waals surface area contributed by atoms with E-state index >= 15 is 0 Å². The lowest BCUT2D eigenvalue weighted by atomic mass is 10.1. The summed E-state index contributed by atoms with van der Waals surface area (Å²) in [7, 11) is 0. The molecule has 3 aliphatic rings. The van der Waals surface area contributed by atoms with Crippen molar-refractivity contribution in [2.24, 2.45) is 22.9 Å². The number of halogens is 1. The first kappa shape index (κ1) is 88.3. The number of hydrogen-bond donors (Lipinski definition) is 7. The van der Waals surface area contributed by atoms with Gasteiger partial charge in [-0.25, -0.2) is 0 Å². The smallest absolute Gasteiger partial charge is 0.323 e. The number of carbonyl (C=O) groups excluding carboxylic acids is 10. The van der Waals surface area contributed by atoms with E-state index in [1.165, 1.54) is 34.6 Å². The van der Waals surface area contributed by atoms with Crippen LogP contribution >= 0.6 is 12.4 Å². The Morgan fingerprint density at radius 3 is 0.762 bits per heavy atom. The highest BCUT2D eigenvalue weighted by atomic mass is 35.5. The number of aliphatic carboxylic acids is 1. The summed E-state index contributed by atoms with van der Waals surface area (Å²) in [6, 6.07) is -3.39. The lowest BCUT2D eigenvalue weighted by Crippen LogP contribution is -2.49. The number of carbonyl (C=O) groups is 11. The molecule has 0 aromatic rings. The van der Waals surface area contributed by atoms with Crippen molar-refractivity contribution < 1.29 is 96.5 Å². The molecule has 0 aromatic heterocycles. The first-order valence-electron chi connectivity index (χ1n) is 25.4. The summed E-state index contributed by atoms with van der Waals surface area (Å²) in [4.78, 5) is 120. The van der Waals surface area contributed by atoms with Gasteiger partial charge in [0.1, 0.15) is 53.2 Å². The van der Waals surface area contributed by atoms with Crippen LogP contribution in [0.5, 0.6) is 0 Å². The molecule has 80 heavy (non-hydrogen) atoms. The molecule has 3 saturated heterocycles. The van der Waals surface area contributed by atoms with Crippen molar-refractivity contribution in [3.05, 3.63) is 0 Å². The maximum absolute atomic E-state index is 11.8. The third-order valence-corrected chi connectivity index (χ3v) is 9.64. The molecule has 11 N–H and O–H groups in total. The van der Waals surface area contributed by atoms with Crippen LogP contribution in [0.15, 0.2) is 0 Å². The Hall–Kier alpha value is -5.58. The number of hydrogen-bond acceptors (Lipinski definition) is 23. The van der Waals surface area contributed by atoms with Crippen molar-refractivity contribution in [2.45, 2.75) is 229 Å². The fourth-order valence-corrected chi connectivity index (χ4v) is 5.56. The van der Waals surface area contributed by atoms with Crippen LogP contribution in [0.4, 0.5) is 0 Å². The Balaban J connectivity index is -0.000000155. The van der Waals surface area contributed by atoms with E-state index in [1.807, 2.05) is 62.3 Å². The highest BCUT2D eigenvalue weighted by Gasteiger charge is 2.31. The van der Waals surface area contributed by atoms with Gasteiger partial charge in [-0.15, -0.1) is 12.4 Å². The summed E-state index contributed by atoms with van der Waals surface area (Å²) in [5.41, 5.74) is 20.9. The summed E-state index contributed by atoms with van der Waals surface area (Å²) in [5.74, 6) is -3.50. The summed E-state index contributed by atoms with van der Waals surface area (Å²) < 4.78 is 27.4. The second-order valence-corrected chi connectivity index (χ2v) is 20.7. The summed E-state index contributed by atoms with van der Waals surface area (Å²) in [6.07, 6.45) is 3.37. The van der Waals surface area contributed by atoms with Gasteiger partial charge in [-0.05, 0) is 129 Å². The number of ether oxygens (including phenoxy) is 6. The molecule has 0 spiro atoms. The molecule has 28 heteroatoms. The zero-order chi connectivity index (χ0) is 62.3. The van der Waals surface area contributed by atoms with Gasteiger partial charge in [0.05, 0.1) is 12.2 Å². The van der Waals surface area contributed by atoms with Gasteiger partial charge in [-0.3, -0.25) is 52.7 Å². The van der Waals surface area contributed by atoms with Crippen molar-refractivity contribution in [3.63, 3.8) is 0 Å². The normalized spacial score (nSPS) is 16.0. The molecule has 3 heterocycles. The van der Waals surface area contributed by atoms with E-state index in [-0.39, 0.29) is 54.4 Å². The Kier molecular flexibility index (Phi) is 52.0. The number of esters is 4. The lowest BCUT2D eigenvalue weighted by molar-refractivity contribution is -0.157. The molecule has 27 nitrogen and oxygen atoms in total. The molecule has 8 atom stereocenters. The van der Waals surface area contributed by atoms with E-state index in [4.69, 9.17) is 47.7 Å². The molecule has 3 rings (SSSR count). The van der Waals surface area contributed by atoms with Crippen LogP contribution in [0, 0.1) is 0 Å². The number of nitrogens with two attached hydrogens (primary N) is 4. The average Bonchev–Trinajstić information content (AvgIpc) is 4.12. The maximum atomic E-state index is 11.8. The minimum absolute atomic E-state index is 0. The number of aliphatic hydroxyl groups excluding tert-OH is 2. The molecule has 3 amide bonds. The van der Waals surface area contributed by atoms with Gasteiger partial charge in [0, 0.05) is 67.0 Å². The zero-order valence-electron chi connectivity index (χ0n) is 49.7. The van der Waals surface area contributed by atoms with Gasteiger partial charge in [0.25, 0.3) is 19.4 Å². The van der Waals surface area contributed by atoms with Crippen molar-refractivity contribution >= 4 is 79.4 Å². The zero-order valence-corrected chi connectivity index (χ0v) is 50.5. The summed E-state index contributed by atoms with van der Waals surface area (Å²) in [6.45, 7) is 33.5. The Labute approximate surface area is 480 Å². The molecule has 0 unspecified atom stereocenters. The molecule has 0 aromatic carbocycles. The highest BCUT2D eigenvalue weighted by Crippen LogP contribution is 2.13. The number of carboxylic acids is 1. The molecular weight excluding hydrogens is 1080 g/mol. The van der Waals surface area contributed by atoms with Gasteiger partial charge < -0.3 is 81.4 Å². The van der Waals surface area contributed by atoms with Gasteiger partial charge >= 0.3 is 29.8 Å². The van der Waals surface area contributed by atoms with E-state index in [0.29, 0.717) is 19.4 Å². The van der Waals surface area contributed by atoms with E-state index in [0.717, 1.165) is 77.8 Å². The lowest BCUT2D eigenvalue weighted by Gasteiger charge is -2.24. The molecule has 0 saturated carbocycles. The van der Waals surface area contributed by atoms with Gasteiger partial charge in [0.2, 0.25) is 17.7 Å². The SMILES string of the molecule is C.CC(=O)OC(C)=O.CC(=O)O[C@H](C)[C@H](N)C(=O)N1CCCC1.CC(=O)O[C@H](C)[C@H](N)C(=O)N1CCCC1.CC(C)(C)OC=O.CC(C)(C)OC=O.CC(C)(C)OC=O.C[C@@H](O)[C@H](N)C(=O)N1CCCC1.C[C@@H](O)[C@H](N)C(=O)O.Cl. The second-order valence-electron chi connectivity index (χ2n) is 20.7. The molecule has 472 valence electrons. The maximum Gasteiger partial charge on any atom is 0.323 e. The number of amides is 3. The molecule has 0 radical (unpaired) electrons. The molecule has 3 aliphatic heterocycles. The van der Waals surface area contributed by atoms with E-state index < -0.39 is 78.4 Å². The molecular formula is C52H102ClN7O20. The first-order valence-corrected chi connectivity index (χ1v) is 25.4. The topological polar surface area (TPSA) is 418 Å². The fraction of sp³-hybridized carbons (Fsp3) is 0.788. The minimum atomic E-state index is -1.18. The van der Waals surface area contributed by atoms with Crippen molar-refractivity contribution in [1.29, 1.82) is 0 Å². The van der Waals surface area contributed by atoms with Crippen LogP contribution in [-0.4, -0.2) is 202 Å². The van der Waals surface area contributed by atoms with Crippen LogP contribution in [-0.2, 0) is 81.2 Å². The number of aliphatic hydroxyl groups is 2. The highest BCUT2D eigenvalue weighted by molar-refractivity contribution is 5.85. The third kappa shape index (κ3) is 53.1. The van der Waals surface area contributed by atoms with Crippen LogP contribution in [0.3, 0.4) is 0 Å². The Morgan fingerprint density at radius 1 is 0.438 bits per heavy atom.